The van der Waals surface area contributed by atoms with Gasteiger partial charge in [-0.05, 0) is 18.8 Å². The normalized spacial score (nSPS) is 18.2. The summed E-state index contributed by atoms with van der Waals surface area (Å²) in [5, 5.41) is 2.58. The number of hydrogen-bond donors (Lipinski definition) is 1. The van der Waals surface area contributed by atoms with Gasteiger partial charge in [-0.15, -0.1) is 0 Å². The maximum atomic E-state index is 11.1. The Kier molecular flexibility index (Phi) is 2.68. The fraction of sp³-hybridized carbons (Fsp3) is 0.750. The number of nitrogens with one attached hydrogen (secondary N) is 1. The first-order valence-corrected chi connectivity index (χ1v) is 4.00. The molecule has 0 spiro atoms. The molecule has 1 rings (SSSR count). The van der Waals surface area contributed by atoms with Crippen molar-refractivity contribution >= 4 is 11.9 Å². The lowest BCUT2D eigenvalue weighted by Gasteiger charge is -2.13. The molecule has 1 saturated carbocycles. The Balaban J connectivity index is 2.48. The average molecular weight is 171 g/mol. The van der Waals surface area contributed by atoms with Crippen molar-refractivity contribution in [3.63, 3.8) is 0 Å². The van der Waals surface area contributed by atoms with Crippen LogP contribution in [0.5, 0.6) is 0 Å². The first kappa shape index (κ1) is 9.03. The van der Waals surface area contributed by atoms with E-state index in [9.17, 15) is 9.59 Å². The van der Waals surface area contributed by atoms with E-state index in [1.54, 1.807) is 0 Å². The van der Waals surface area contributed by atoms with Crippen molar-refractivity contribution in [2.24, 2.45) is 5.92 Å². The molecule has 1 atom stereocenters. The summed E-state index contributed by atoms with van der Waals surface area (Å²) in [6.07, 6.45) is 2.00. The van der Waals surface area contributed by atoms with Gasteiger partial charge in [0.2, 0.25) is 5.91 Å². The smallest absolute Gasteiger partial charge is 0.328 e. The summed E-state index contributed by atoms with van der Waals surface area (Å²) in [6, 6.07) is -0.424. The number of esters is 1. The van der Waals surface area contributed by atoms with Gasteiger partial charge in [-0.25, -0.2) is 4.79 Å². The highest BCUT2D eigenvalue weighted by Gasteiger charge is 2.37. The molecule has 1 unspecified atom stereocenters. The van der Waals surface area contributed by atoms with Crippen LogP contribution in [0, 0.1) is 5.92 Å². The van der Waals surface area contributed by atoms with Gasteiger partial charge in [0.05, 0.1) is 7.11 Å². The van der Waals surface area contributed by atoms with E-state index in [4.69, 9.17) is 0 Å². The molecule has 1 aliphatic rings. The van der Waals surface area contributed by atoms with Crippen molar-refractivity contribution in [1.82, 2.24) is 5.32 Å². The molecule has 0 saturated heterocycles. The zero-order valence-corrected chi connectivity index (χ0v) is 7.29. The van der Waals surface area contributed by atoms with Crippen molar-refractivity contribution in [1.29, 1.82) is 0 Å². The summed E-state index contributed by atoms with van der Waals surface area (Å²) in [7, 11) is 1.33. The maximum absolute atomic E-state index is 11.1. The van der Waals surface area contributed by atoms with Crippen molar-refractivity contribution < 1.29 is 14.3 Å². The highest BCUT2D eigenvalue weighted by molar-refractivity contribution is 5.83. The van der Waals surface area contributed by atoms with E-state index >= 15 is 0 Å². The lowest BCUT2D eigenvalue weighted by Crippen LogP contribution is -2.41. The molecule has 4 nitrogen and oxygen atoms in total. The Morgan fingerprint density at radius 3 is 2.42 bits per heavy atom. The van der Waals surface area contributed by atoms with Gasteiger partial charge in [0, 0.05) is 6.92 Å². The van der Waals surface area contributed by atoms with E-state index in [2.05, 4.69) is 10.1 Å². The first-order chi connectivity index (χ1) is 5.65. The van der Waals surface area contributed by atoms with Gasteiger partial charge >= 0.3 is 5.97 Å². The van der Waals surface area contributed by atoms with Crippen LogP contribution in [0.2, 0.25) is 0 Å². The van der Waals surface area contributed by atoms with Gasteiger partial charge in [0.1, 0.15) is 6.04 Å². The first-order valence-electron chi connectivity index (χ1n) is 4.00. The zero-order chi connectivity index (χ0) is 9.14. The van der Waals surface area contributed by atoms with E-state index in [0.29, 0.717) is 5.92 Å². The molecule has 0 aromatic rings. The molecular weight excluding hydrogens is 158 g/mol. The molecule has 4 heteroatoms. The summed E-state index contributed by atoms with van der Waals surface area (Å²) in [5.74, 6) is -0.230. The topological polar surface area (TPSA) is 55.4 Å². The minimum atomic E-state index is -0.424. The van der Waals surface area contributed by atoms with E-state index < -0.39 is 6.04 Å². The minimum absolute atomic E-state index is 0.183. The Morgan fingerprint density at radius 2 is 2.08 bits per heavy atom. The number of ether oxygens (including phenoxy) is 1. The van der Waals surface area contributed by atoms with E-state index in [1.165, 1.54) is 14.0 Å². The number of methoxy groups -OCH3 is 1. The minimum Gasteiger partial charge on any atom is -0.467 e. The van der Waals surface area contributed by atoms with Crippen molar-refractivity contribution in [2.75, 3.05) is 7.11 Å². The summed E-state index contributed by atoms with van der Waals surface area (Å²) in [4.78, 5) is 21.8. The molecule has 68 valence electrons. The molecule has 0 aromatic heterocycles. The SMILES string of the molecule is COC(=O)C(NC(C)=O)C1CC1. The fourth-order valence-electron chi connectivity index (χ4n) is 1.14. The predicted octanol–water partition coefficient (Wildman–Crippen LogP) is 0.0741. The standard InChI is InChI=1S/C8H13NO3/c1-5(10)9-7(6-3-4-6)8(11)12-2/h6-7H,3-4H2,1-2H3,(H,9,10). The molecule has 0 heterocycles. The van der Waals surface area contributed by atoms with Crippen LogP contribution >= 0.6 is 0 Å². The van der Waals surface area contributed by atoms with Crippen LogP contribution in [-0.2, 0) is 14.3 Å². The molecular formula is C8H13NO3. The summed E-state index contributed by atoms with van der Waals surface area (Å²) < 4.78 is 4.56. The second-order valence-electron chi connectivity index (χ2n) is 3.04. The molecule has 1 amide bonds. The van der Waals surface area contributed by atoms with Crippen molar-refractivity contribution in [3.8, 4) is 0 Å². The van der Waals surface area contributed by atoms with Crippen LogP contribution in [0.3, 0.4) is 0 Å². The zero-order valence-electron chi connectivity index (χ0n) is 7.29. The predicted molar refractivity (Wildman–Crippen MR) is 42.3 cm³/mol. The molecule has 12 heavy (non-hydrogen) atoms. The van der Waals surface area contributed by atoms with Gasteiger partial charge in [-0.2, -0.15) is 0 Å². The third-order valence-corrected chi connectivity index (χ3v) is 1.91. The van der Waals surface area contributed by atoms with Gasteiger partial charge < -0.3 is 10.1 Å². The largest absolute Gasteiger partial charge is 0.467 e. The molecule has 1 N–H and O–H groups in total. The summed E-state index contributed by atoms with van der Waals surface area (Å²) in [6.45, 7) is 1.40. The second kappa shape index (κ2) is 3.56. The molecule has 0 aliphatic heterocycles. The average Bonchev–Trinajstić information content (AvgIpc) is 2.81. The van der Waals surface area contributed by atoms with Gasteiger partial charge in [0.25, 0.3) is 0 Å². The van der Waals surface area contributed by atoms with Crippen LogP contribution in [0.15, 0.2) is 0 Å². The van der Waals surface area contributed by atoms with Gasteiger partial charge in [-0.3, -0.25) is 4.79 Å². The lowest BCUT2D eigenvalue weighted by atomic mass is 10.2. The molecule has 1 aliphatic carbocycles. The number of amides is 1. The van der Waals surface area contributed by atoms with Crippen molar-refractivity contribution in [2.45, 2.75) is 25.8 Å². The van der Waals surface area contributed by atoms with Crippen molar-refractivity contribution in [3.05, 3.63) is 0 Å². The van der Waals surface area contributed by atoms with E-state index in [-0.39, 0.29) is 11.9 Å². The third kappa shape index (κ3) is 2.22. The molecule has 0 radical (unpaired) electrons. The fourth-order valence-corrected chi connectivity index (χ4v) is 1.14. The second-order valence-corrected chi connectivity index (χ2v) is 3.04. The van der Waals surface area contributed by atoms with Gasteiger partial charge in [-0.1, -0.05) is 0 Å². The monoisotopic (exact) mass is 171 g/mol. The van der Waals surface area contributed by atoms with Gasteiger partial charge in [0.15, 0.2) is 0 Å². The van der Waals surface area contributed by atoms with Crippen LogP contribution < -0.4 is 5.32 Å². The summed E-state index contributed by atoms with van der Waals surface area (Å²) in [5.41, 5.74) is 0. The Hall–Kier alpha value is -1.06. The number of hydrogen-bond acceptors (Lipinski definition) is 3. The van der Waals surface area contributed by atoms with Crippen LogP contribution in [0.4, 0.5) is 0 Å². The maximum Gasteiger partial charge on any atom is 0.328 e. The molecule has 0 aromatic carbocycles. The molecule has 1 fully saturated rings. The van der Waals surface area contributed by atoms with Crippen LogP contribution in [-0.4, -0.2) is 25.0 Å². The number of carbonyl (C=O) groups excluding carboxylic acids is 2. The lowest BCUT2D eigenvalue weighted by molar-refractivity contribution is -0.145. The highest BCUT2D eigenvalue weighted by Crippen LogP contribution is 2.33. The third-order valence-electron chi connectivity index (χ3n) is 1.91. The van der Waals surface area contributed by atoms with Crippen LogP contribution in [0.1, 0.15) is 19.8 Å². The summed E-state index contributed by atoms with van der Waals surface area (Å²) >= 11 is 0. The molecule has 0 bridgehead atoms. The van der Waals surface area contributed by atoms with E-state index in [0.717, 1.165) is 12.8 Å². The number of rotatable bonds is 3. The Bertz CT molecular complexity index is 198. The van der Waals surface area contributed by atoms with E-state index in [1.807, 2.05) is 0 Å². The quantitative estimate of drug-likeness (QED) is 0.611. The van der Waals surface area contributed by atoms with Crippen LogP contribution in [0.25, 0.3) is 0 Å². The highest BCUT2D eigenvalue weighted by atomic mass is 16.5. The Morgan fingerprint density at radius 1 is 1.50 bits per heavy atom. The Labute approximate surface area is 71.3 Å². The number of carbonyl (C=O) groups is 2.